The molecule has 2 fully saturated rings. The van der Waals surface area contributed by atoms with E-state index in [0.717, 1.165) is 12.1 Å². The number of benzene rings is 2. The lowest BCUT2D eigenvalue weighted by Crippen LogP contribution is -2.39. The van der Waals surface area contributed by atoms with Crippen LogP contribution in [0.3, 0.4) is 0 Å². The molecule has 5 nitrogen and oxygen atoms in total. The molecule has 1 aliphatic carbocycles. The number of carbonyl (C=O) groups is 2. The van der Waals surface area contributed by atoms with E-state index in [2.05, 4.69) is 0 Å². The van der Waals surface area contributed by atoms with Crippen molar-refractivity contribution in [2.75, 3.05) is 13.1 Å². The maximum Gasteiger partial charge on any atom is 0.307 e. The third kappa shape index (κ3) is 3.44. The Kier molecular flexibility index (Phi) is 4.53. The molecule has 1 aliphatic heterocycles. The Morgan fingerprint density at radius 2 is 1.64 bits per heavy atom. The van der Waals surface area contributed by atoms with Crippen molar-refractivity contribution in [1.82, 2.24) is 4.90 Å². The van der Waals surface area contributed by atoms with E-state index in [4.69, 9.17) is 9.84 Å². The molecule has 1 unspecified atom stereocenters. The van der Waals surface area contributed by atoms with Gasteiger partial charge in [0.05, 0.1) is 5.92 Å². The van der Waals surface area contributed by atoms with Crippen molar-refractivity contribution in [3.63, 3.8) is 0 Å². The summed E-state index contributed by atoms with van der Waals surface area (Å²) in [6.07, 6.45) is 2.14. The minimum absolute atomic E-state index is 0.109. The highest BCUT2D eigenvalue weighted by Gasteiger charge is 2.59. The number of piperidine rings is 1. The average molecular weight is 387 g/mol. The van der Waals surface area contributed by atoms with Crippen molar-refractivity contribution in [2.45, 2.75) is 19.3 Å². The summed E-state index contributed by atoms with van der Waals surface area (Å²) >= 11 is 0. The first kappa shape index (κ1) is 18.4. The van der Waals surface area contributed by atoms with Gasteiger partial charge in [-0.05, 0) is 61.1 Å². The molecule has 0 aromatic heterocycles. The molecule has 1 heterocycles. The number of hydrogen-bond acceptors (Lipinski definition) is 3. The highest BCUT2D eigenvalue weighted by atomic mass is 19.2. The van der Waals surface area contributed by atoms with E-state index in [1.54, 1.807) is 29.2 Å². The van der Waals surface area contributed by atoms with Gasteiger partial charge in [0, 0.05) is 24.7 Å². The summed E-state index contributed by atoms with van der Waals surface area (Å²) in [7, 11) is 0. The number of hydrogen-bond donors (Lipinski definition) is 1. The van der Waals surface area contributed by atoms with E-state index < -0.39 is 17.6 Å². The largest absolute Gasteiger partial charge is 0.481 e. The summed E-state index contributed by atoms with van der Waals surface area (Å²) in [6, 6.07) is 9.71. The van der Waals surface area contributed by atoms with E-state index in [1.165, 1.54) is 6.07 Å². The van der Waals surface area contributed by atoms with E-state index in [-0.39, 0.29) is 23.0 Å². The number of halogens is 2. The van der Waals surface area contributed by atoms with Gasteiger partial charge in [-0.15, -0.1) is 0 Å². The summed E-state index contributed by atoms with van der Waals surface area (Å²) in [6.45, 7) is 1.10. The van der Waals surface area contributed by atoms with Crippen LogP contribution in [0.25, 0.3) is 0 Å². The van der Waals surface area contributed by atoms with Crippen LogP contribution in [-0.2, 0) is 4.79 Å². The predicted molar refractivity (Wildman–Crippen MR) is 96.2 cm³/mol. The summed E-state index contributed by atoms with van der Waals surface area (Å²) in [5.41, 5.74) is 0.379. The SMILES string of the molecule is O=C(O)C1CC12CCN(C(=O)c1ccc(Oc3ccc(F)c(F)c3)cc1)CC2. The molecular weight excluding hydrogens is 368 g/mol. The number of amides is 1. The molecule has 0 bridgehead atoms. The lowest BCUT2D eigenvalue weighted by molar-refractivity contribution is -0.139. The number of aliphatic carboxylic acids is 1. The van der Waals surface area contributed by atoms with Crippen LogP contribution in [0.4, 0.5) is 8.78 Å². The molecule has 1 saturated carbocycles. The number of ether oxygens (including phenoxy) is 1. The van der Waals surface area contributed by atoms with Crippen LogP contribution in [-0.4, -0.2) is 35.0 Å². The first-order valence-electron chi connectivity index (χ1n) is 9.13. The Morgan fingerprint density at radius 3 is 2.21 bits per heavy atom. The van der Waals surface area contributed by atoms with Crippen LogP contribution in [0, 0.1) is 23.0 Å². The van der Waals surface area contributed by atoms with Gasteiger partial charge in [-0.3, -0.25) is 9.59 Å². The zero-order valence-electron chi connectivity index (χ0n) is 15.0. The van der Waals surface area contributed by atoms with Crippen molar-refractivity contribution in [2.24, 2.45) is 11.3 Å². The van der Waals surface area contributed by atoms with Gasteiger partial charge in [-0.25, -0.2) is 8.78 Å². The Labute approximate surface area is 160 Å². The summed E-state index contributed by atoms with van der Waals surface area (Å²) in [4.78, 5) is 25.6. The summed E-state index contributed by atoms with van der Waals surface area (Å²) in [5, 5.41) is 9.15. The van der Waals surface area contributed by atoms with Crippen LogP contribution in [0.5, 0.6) is 11.5 Å². The molecular formula is C21H19F2NO4. The van der Waals surface area contributed by atoms with Crippen molar-refractivity contribution >= 4 is 11.9 Å². The second kappa shape index (κ2) is 6.89. The van der Waals surface area contributed by atoms with Crippen LogP contribution in [0.1, 0.15) is 29.6 Å². The van der Waals surface area contributed by atoms with Gasteiger partial charge in [-0.2, -0.15) is 0 Å². The van der Waals surface area contributed by atoms with Gasteiger partial charge < -0.3 is 14.7 Å². The third-order valence-corrected chi connectivity index (χ3v) is 5.76. The monoisotopic (exact) mass is 387 g/mol. The number of likely N-dealkylation sites (tertiary alicyclic amines) is 1. The minimum atomic E-state index is -0.993. The van der Waals surface area contributed by atoms with Gasteiger partial charge in [0.1, 0.15) is 11.5 Å². The van der Waals surface area contributed by atoms with Crippen molar-refractivity contribution in [3.05, 3.63) is 59.7 Å². The normalized spacial score (nSPS) is 20.1. The highest BCUT2D eigenvalue weighted by molar-refractivity contribution is 5.94. The molecule has 28 heavy (non-hydrogen) atoms. The quantitative estimate of drug-likeness (QED) is 0.858. The molecule has 4 rings (SSSR count). The van der Waals surface area contributed by atoms with Crippen LogP contribution < -0.4 is 4.74 Å². The maximum atomic E-state index is 13.2. The van der Waals surface area contributed by atoms with Crippen molar-refractivity contribution in [1.29, 1.82) is 0 Å². The second-order valence-corrected chi connectivity index (χ2v) is 7.45. The zero-order chi connectivity index (χ0) is 19.9. The van der Waals surface area contributed by atoms with Gasteiger partial charge in [-0.1, -0.05) is 0 Å². The van der Waals surface area contributed by atoms with Crippen molar-refractivity contribution < 1.29 is 28.2 Å². The molecule has 7 heteroatoms. The zero-order valence-corrected chi connectivity index (χ0v) is 15.0. The molecule has 1 amide bonds. The number of nitrogens with zero attached hydrogens (tertiary/aromatic N) is 1. The molecule has 2 aromatic rings. The van der Waals surface area contributed by atoms with Crippen LogP contribution >= 0.6 is 0 Å². The smallest absolute Gasteiger partial charge is 0.307 e. The lowest BCUT2D eigenvalue weighted by Gasteiger charge is -2.32. The minimum Gasteiger partial charge on any atom is -0.481 e. The Bertz CT molecular complexity index is 921. The highest BCUT2D eigenvalue weighted by Crippen LogP contribution is 2.59. The second-order valence-electron chi connectivity index (χ2n) is 7.45. The fraction of sp³-hybridized carbons (Fsp3) is 0.333. The average Bonchev–Trinajstić information content (AvgIpc) is 3.39. The van der Waals surface area contributed by atoms with E-state index >= 15 is 0 Å². The van der Waals surface area contributed by atoms with E-state index in [0.29, 0.717) is 43.7 Å². The topological polar surface area (TPSA) is 66.8 Å². The number of carbonyl (C=O) groups excluding carboxylic acids is 1. The lowest BCUT2D eigenvalue weighted by atomic mass is 9.90. The fourth-order valence-corrected chi connectivity index (χ4v) is 3.93. The van der Waals surface area contributed by atoms with E-state index in [9.17, 15) is 18.4 Å². The molecule has 2 aliphatic rings. The first-order chi connectivity index (χ1) is 13.4. The number of carboxylic acids is 1. The molecule has 2 aromatic carbocycles. The number of carboxylic acid groups (broad SMARTS) is 1. The van der Waals surface area contributed by atoms with Gasteiger partial charge in [0.2, 0.25) is 0 Å². The predicted octanol–water partition coefficient (Wildman–Crippen LogP) is 4.08. The first-order valence-corrected chi connectivity index (χ1v) is 9.13. The fourth-order valence-electron chi connectivity index (χ4n) is 3.93. The summed E-state index contributed by atoms with van der Waals surface area (Å²) in [5.74, 6) is -2.49. The third-order valence-electron chi connectivity index (χ3n) is 5.76. The Morgan fingerprint density at radius 1 is 1.00 bits per heavy atom. The van der Waals surface area contributed by atoms with E-state index in [1.807, 2.05) is 0 Å². The summed E-state index contributed by atoms with van der Waals surface area (Å²) < 4.78 is 31.7. The standard InChI is InChI=1S/C21H19F2NO4/c22-17-6-5-15(11-18(17)23)28-14-3-1-13(2-4-14)19(25)24-9-7-21(8-10-24)12-16(21)20(26)27/h1-6,11,16H,7-10,12H2,(H,26,27). The van der Waals surface area contributed by atoms with Gasteiger partial charge in [0.25, 0.3) is 5.91 Å². The Balaban J connectivity index is 1.37. The molecule has 1 atom stereocenters. The van der Waals surface area contributed by atoms with Gasteiger partial charge in [0.15, 0.2) is 11.6 Å². The van der Waals surface area contributed by atoms with Gasteiger partial charge >= 0.3 is 5.97 Å². The molecule has 146 valence electrons. The Hall–Kier alpha value is -2.96. The molecule has 1 spiro atoms. The van der Waals surface area contributed by atoms with Crippen molar-refractivity contribution in [3.8, 4) is 11.5 Å². The molecule has 0 radical (unpaired) electrons. The maximum absolute atomic E-state index is 13.2. The van der Waals surface area contributed by atoms with Crippen LogP contribution in [0.2, 0.25) is 0 Å². The molecule has 1 saturated heterocycles. The van der Waals surface area contributed by atoms with Crippen LogP contribution in [0.15, 0.2) is 42.5 Å². The molecule has 1 N–H and O–H groups in total. The number of rotatable bonds is 4.